The Kier molecular flexibility index (Phi) is 5.27. The van der Waals surface area contributed by atoms with Gasteiger partial charge in [-0.05, 0) is 30.0 Å². The molecule has 2 fully saturated rings. The maximum absolute atomic E-state index is 12.8. The number of nitrogens with zero attached hydrogens (tertiary/aromatic N) is 2. The van der Waals surface area contributed by atoms with Crippen LogP contribution in [-0.2, 0) is 19.1 Å². The lowest BCUT2D eigenvalue weighted by Gasteiger charge is -2.32. The van der Waals surface area contributed by atoms with Crippen LogP contribution in [0.5, 0.6) is 0 Å². The van der Waals surface area contributed by atoms with Gasteiger partial charge in [0.1, 0.15) is 5.92 Å². The molecular weight excluding hydrogens is 336 g/mol. The highest BCUT2D eigenvalue weighted by Gasteiger charge is 2.41. The largest absolute Gasteiger partial charge is 0.479 e. The second-order valence-electron chi connectivity index (χ2n) is 7.06. The van der Waals surface area contributed by atoms with Crippen LogP contribution < -0.4 is 4.90 Å². The molecule has 140 valence electrons. The number of hydrogen-bond acceptors (Lipinski definition) is 4. The molecule has 3 rings (SSSR count). The molecule has 1 aromatic rings. The molecule has 0 spiro atoms. The summed E-state index contributed by atoms with van der Waals surface area (Å²) < 4.78 is 5.14. The van der Waals surface area contributed by atoms with Gasteiger partial charge in [-0.3, -0.25) is 9.59 Å². The SMILES string of the molecule is CC(C)c1ccc(N2CCC(C(=O)N3CCOC(C(=O)O)C3)C2=O)cc1. The van der Waals surface area contributed by atoms with Crippen LogP contribution in [0.1, 0.15) is 31.7 Å². The van der Waals surface area contributed by atoms with Gasteiger partial charge in [0.25, 0.3) is 0 Å². The number of carboxylic acids is 1. The Bertz CT molecular complexity index is 700. The fraction of sp³-hybridized carbons (Fsp3) is 0.526. The molecule has 2 unspecified atom stereocenters. The zero-order chi connectivity index (χ0) is 18.8. The van der Waals surface area contributed by atoms with E-state index in [1.807, 2.05) is 24.3 Å². The van der Waals surface area contributed by atoms with Gasteiger partial charge in [-0.2, -0.15) is 0 Å². The van der Waals surface area contributed by atoms with Crippen molar-refractivity contribution in [2.75, 3.05) is 31.1 Å². The molecule has 2 amide bonds. The molecule has 0 radical (unpaired) electrons. The van der Waals surface area contributed by atoms with Crippen LogP contribution in [0.25, 0.3) is 0 Å². The van der Waals surface area contributed by atoms with Crippen LogP contribution in [-0.4, -0.2) is 60.1 Å². The number of carbonyl (C=O) groups excluding carboxylic acids is 2. The maximum Gasteiger partial charge on any atom is 0.334 e. The molecule has 0 aromatic heterocycles. The third-order valence-electron chi connectivity index (χ3n) is 5.03. The Morgan fingerprint density at radius 1 is 1.19 bits per heavy atom. The fourth-order valence-corrected chi connectivity index (χ4v) is 3.42. The third kappa shape index (κ3) is 3.58. The molecule has 1 aromatic carbocycles. The van der Waals surface area contributed by atoms with Crippen LogP contribution in [0.15, 0.2) is 24.3 Å². The number of aliphatic carboxylic acids is 1. The molecule has 2 saturated heterocycles. The van der Waals surface area contributed by atoms with E-state index in [1.54, 1.807) is 4.90 Å². The van der Waals surface area contributed by atoms with E-state index in [-0.39, 0.29) is 25.0 Å². The van der Waals surface area contributed by atoms with Gasteiger partial charge in [0, 0.05) is 18.8 Å². The lowest BCUT2D eigenvalue weighted by atomic mass is 10.0. The number of carboxylic acid groups (broad SMARTS) is 1. The van der Waals surface area contributed by atoms with E-state index in [0.29, 0.717) is 25.4 Å². The number of carbonyl (C=O) groups is 3. The minimum absolute atomic E-state index is 0.0129. The summed E-state index contributed by atoms with van der Waals surface area (Å²) in [5.74, 6) is -1.94. The summed E-state index contributed by atoms with van der Waals surface area (Å²) in [4.78, 5) is 39.6. The van der Waals surface area contributed by atoms with Crippen molar-refractivity contribution in [1.29, 1.82) is 0 Å². The van der Waals surface area contributed by atoms with Gasteiger partial charge in [-0.1, -0.05) is 26.0 Å². The van der Waals surface area contributed by atoms with Crippen LogP contribution in [0, 0.1) is 5.92 Å². The number of morpholine rings is 1. The summed E-state index contributed by atoms with van der Waals surface area (Å²) >= 11 is 0. The Hall–Kier alpha value is -2.41. The average Bonchev–Trinajstić information content (AvgIpc) is 3.02. The number of benzene rings is 1. The summed E-state index contributed by atoms with van der Waals surface area (Å²) in [5.41, 5.74) is 1.99. The molecule has 0 aliphatic carbocycles. The highest BCUT2D eigenvalue weighted by atomic mass is 16.5. The molecular formula is C19H24N2O5. The van der Waals surface area contributed by atoms with Crippen LogP contribution in [0.4, 0.5) is 5.69 Å². The maximum atomic E-state index is 12.8. The number of hydrogen-bond donors (Lipinski definition) is 1. The molecule has 7 heteroatoms. The quantitative estimate of drug-likeness (QED) is 0.822. The standard InChI is InChI=1S/C19H24N2O5/c1-12(2)13-3-5-14(6-4-13)21-8-7-15(18(21)23)17(22)20-9-10-26-16(11-20)19(24)25/h3-6,12,15-16H,7-11H2,1-2H3,(H,24,25). The molecule has 2 heterocycles. The summed E-state index contributed by atoms with van der Waals surface area (Å²) in [6.07, 6.45) is -0.581. The van der Waals surface area contributed by atoms with Gasteiger partial charge < -0.3 is 19.6 Å². The Morgan fingerprint density at radius 2 is 1.88 bits per heavy atom. The Morgan fingerprint density at radius 3 is 2.50 bits per heavy atom. The first-order chi connectivity index (χ1) is 12.4. The van der Waals surface area contributed by atoms with Crippen molar-refractivity contribution in [3.05, 3.63) is 29.8 Å². The minimum atomic E-state index is -1.09. The fourth-order valence-electron chi connectivity index (χ4n) is 3.42. The molecule has 2 atom stereocenters. The van der Waals surface area contributed by atoms with Gasteiger partial charge in [0.05, 0.1) is 13.2 Å². The lowest BCUT2D eigenvalue weighted by Crippen LogP contribution is -2.51. The van der Waals surface area contributed by atoms with E-state index in [9.17, 15) is 14.4 Å². The number of anilines is 1. The van der Waals surface area contributed by atoms with Crippen molar-refractivity contribution in [2.45, 2.75) is 32.3 Å². The summed E-state index contributed by atoms with van der Waals surface area (Å²) in [6.45, 7) is 5.18. The molecule has 26 heavy (non-hydrogen) atoms. The molecule has 7 nitrogen and oxygen atoms in total. The monoisotopic (exact) mass is 360 g/mol. The molecule has 2 aliphatic rings. The van der Waals surface area contributed by atoms with E-state index in [0.717, 1.165) is 5.69 Å². The predicted molar refractivity (Wildman–Crippen MR) is 94.9 cm³/mol. The topological polar surface area (TPSA) is 87.2 Å². The summed E-state index contributed by atoms with van der Waals surface area (Å²) in [5, 5.41) is 9.07. The number of amides is 2. The number of ether oxygens (including phenoxy) is 1. The van der Waals surface area contributed by atoms with Crippen LogP contribution in [0.3, 0.4) is 0 Å². The van der Waals surface area contributed by atoms with Crippen molar-refractivity contribution >= 4 is 23.5 Å². The third-order valence-corrected chi connectivity index (χ3v) is 5.03. The van der Waals surface area contributed by atoms with Crippen LogP contribution >= 0.6 is 0 Å². The molecule has 0 bridgehead atoms. The van der Waals surface area contributed by atoms with E-state index in [2.05, 4.69) is 13.8 Å². The van der Waals surface area contributed by atoms with Gasteiger partial charge >= 0.3 is 5.97 Å². The van der Waals surface area contributed by atoms with Crippen molar-refractivity contribution in [2.24, 2.45) is 5.92 Å². The van der Waals surface area contributed by atoms with E-state index in [1.165, 1.54) is 10.5 Å². The van der Waals surface area contributed by atoms with Crippen molar-refractivity contribution < 1.29 is 24.2 Å². The van der Waals surface area contributed by atoms with Gasteiger partial charge in [0.2, 0.25) is 11.8 Å². The zero-order valence-electron chi connectivity index (χ0n) is 15.1. The van der Waals surface area contributed by atoms with E-state index < -0.39 is 18.0 Å². The lowest BCUT2D eigenvalue weighted by molar-refractivity contribution is -0.160. The normalized spacial score (nSPS) is 23.6. The van der Waals surface area contributed by atoms with E-state index in [4.69, 9.17) is 9.84 Å². The Labute approximate surface area is 152 Å². The predicted octanol–water partition coefficient (Wildman–Crippen LogP) is 1.47. The van der Waals surface area contributed by atoms with Gasteiger partial charge in [0.15, 0.2) is 6.10 Å². The zero-order valence-corrected chi connectivity index (χ0v) is 15.1. The van der Waals surface area contributed by atoms with Crippen molar-refractivity contribution in [3.8, 4) is 0 Å². The molecule has 2 aliphatic heterocycles. The Balaban J connectivity index is 1.68. The molecule has 1 N–H and O–H groups in total. The van der Waals surface area contributed by atoms with Crippen molar-refractivity contribution in [1.82, 2.24) is 4.90 Å². The second kappa shape index (κ2) is 7.45. The highest BCUT2D eigenvalue weighted by molar-refractivity contribution is 6.09. The molecule has 0 saturated carbocycles. The second-order valence-corrected chi connectivity index (χ2v) is 7.06. The van der Waals surface area contributed by atoms with Crippen LogP contribution in [0.2, 0.25) is 0 Å². The van der Waals surface area contributed by atoms with E-state index >= 15 is 0 Å². The highest BCUT2D eigenvalue weighted by Crippen LogP contribution is 2.28. The first kappa shape index (κ1) is 18.4. The van der Waals surface area contributed by atoms with Gasteiger partial charge in [-0.25, -0.2) is 4.79 Å². The summed E-state index contributed by atoms with van der Waals surface area (Å²) in [6, 6.07) is 7.83. The smallest absolute Gasteiger partial charge is 0.334 e. The summed E-state index contributed by atoms with van der Waals surface area (Å²) in [7, 11) is 0. The first-order valence-electron chi connectivity index (χ1n) is 8.93. The van der Waals surface area contributed by atoms with Crippen molar-refractivity contribution in [3.63, 3.8) is 0 Å². The first-order valence-corrected chi connectivity index (χ1v) is 8.93. The number of rotatable bonds is 4. The van der Waals surface area contributed by atoms with Gasteiger partial charge in [-0.15, -0.1) is 0 Å². The minimum Gasteiger partial charge on any atom is -0.479 e. The average molecular weight is 360 g/mol.